The van der Waals surface area contributed by atoms with E-state index in [1.807, 2.05) is 0 Å². The van der Waals surface area contributed by atoms with Crippen LogP contribution in [0.5, 0.6) is 0 Å². The molecule has 86 valence electrons. The van der Waals surface area contributed by atoms with Crippen molar-refractivity contribution in [3.63, 3.8) is 0 Å². The molecular weight excluding hydrogens is 188 g/mol. The normalized spacial score (nSPS) is 39.2. The molecular formula is C12H22N2O. The van der Waals surface area contributed by atoms with E-state index in [4.69, 9.17) is 4.74 Å². The molecule has 0 aromatic carbocycles. The van der Waals surface area contributed by atoms with Gasteiger partial charge in [0.05, 0.1) is 0 Å². The van der Waals surface area contributed by atoms with E-state index in [1.54, 1.807) is 0 Å². The first-order valence-electron chi connectivity index (χ1n) is 6.48. The van der Waals surface area contributed by atoms with Crippen LogP contribution in [0.2, 0.25) is 0 Å². The zero-order chi connectivity index (χ0) is 10.1. The Labute approximate surface area is 92.2 Å². The zero-order valence-electron chi connectivity index (χ0n) is 9.45. The Bertz CT molecular complexity index is 202. The first-order chi connectivity index (χ1) is 7.43. The third-order valence-electron chi connectivity index (χ3n) is 4.33. The van der Waals surface area contributed by atoms with Gasteiger partial charge in [0.15, 0.2) is 0 Å². The molecule has 0 saturated carbocycles. The smallest absolute Gasteiger partial charge is 0.0480 e. The quantitative estimate of drug-likeness (QED) is 0.694. The molecule has 0 bridgehead atoms. The lowest BCUT2D eigenvalue weighted by atomic mass is 9.94. The Morgan fingerprint density at radius 1 is 1.07 bits per heavy atom. The minimum atomic E-state index is 0.793. The van der Waals surface area contributed by atoms with Crippen molar-refractivity contribution in [3.8, 4) is 0 Å². The van der Waals surface area contributed by atoms with Crippen molar-refractivity contribution in [2.75, 3.05) is 32.8 Å². The second-order valence-corrected chi connectivity index (χ2v) is 5.26. The van der Waals surface area contributed by atoms with E-state index in [2.05, 4.69) is 10.2 Å². The van der Waals surface area contributed by atoms with Crippen molar-refractivity contribution in [3.05, 3.63) is 0 Å². The largest absolute Gasteiger partial charge is 0.381 e. The molecule has 3 aliphatic rings. The topological polar surface area (TPSA) is 24.5 Å². The van der Waals surface area contributed by atoms with Crippen LogP contribution in [0.3, 0.4) is 0 Å². The monoisotopic (exact) mass is 210 g/mol. The van der Waals surface area contributed by atoms with Crippen molar-refractivity contribution in [1.82, 2.24) is 10.2 Å². The lowest BCUT2D eigenvalue weighted by molar-refractivity contribution is 0.0408. The van der Waals surface area contributed by atoms with Gasteiger partial charge in [-0.1, -0.05) is 0 Å². The van der Waals surface area contributed by atoms with Gasteiger partial charge in [-0.2, -0.15) is 0 Å². The third kappa shape index (κ3) is 2.05. The van der Waals surface area contributed by atoms with Gasteiger partial charge in [-0.3, -0.25) is 4.90 Å². The van der Waals surface area contributed by atoms with Crippen molar-refractivity contribution >= 4 is 0 Å². The van der Waals surface area contributed by atoms with Gasteiger partial charge in [0.25, 0.3) is 0 Å². The minimum Gasteiger partial charge on any atom is -0.381 e. The SMILES string of the molecule is C1CNC2CN(C3CCOCC3)CC2C1. The summed E-state index contributed by atoms with van der Waals surface area (Å²) in [6.45, 7) is 5.81. The Hall–Kier alpha value is -0.120. The van der Waals surface area contributed by atoms with Crippen molar-refractivity contribution < 1.29 is 4.74 Å². The van der Waals surface area contributed by atoms with E-state index >= 15 is 0 Å². The maximum absolute atomic E-state index is 5.44. The number of hydrogen-bond acceptors (Lipinski definition) is 3. The van der Waals surface area contributed by atoms with Crippen LogP contribution in [0.15, 0.2) is 0 Å². The van der Waals surface area contributed by atoms with Crippen LogP contribution in [0.1, 0.15) is 25.7 Å². The predicted molar refractivity (Wildman–Crippen MR) is 59.9 cm³/mol. The fourth-order valence-corrected chi connectivity index (χ4v) is 3.43. The van der Waals surface area contributed by atoms with Crippen LogP contribution in [0.4, 0.5) is 0 Å². The molecule has 0 radical (unpaired) electrons. The van der Waals surface area contributed by atoms with Gasteiger partial charge in [-0.05, 0) is 38.1 Å². The Morgan fingerprint density at radius 2 is 1.93 bits per heavy atom. The molecule has 3 heteroatoms. The van der Waals surface area contributed by atoms with Gasteiger partial charge >= 0.3 is 0 Å². The molecule has 1 N–H and O–H groups in total. The van der Waals surface area contributed by atoms with Gasteiger partial charge in [0.1, 0.15) is 0 Å². The summed E-state index contributed by atoms with van der Waals surface area (Å²) in [5.74, 6) is 0.932. The molecule has 2 atom stereocenters. The molecule has 0 aromatic heterocycles. The van der Waals surface area contributed by atoms with E-state index in [0.29, 0.717) is 0 Å². The molecule has 2 unspecified atom stereocenters. The zero-order valence-corrected chi connectivity index (χ0v) is 9.45. The fourth-order valence-electron chi connectivity index (χ4n) is 3.43. The third-order valence-corrected chi connectivity index (χ3v) is 4.33. The molecule has 0 amide bonds. The summed E-state index contributed by atoms with van der Waals surface area (Å²) in [7, 11) is 0. The minimum absolute atomic E-state index is 0.793. The highest BCUT2D eigenvalue weighted by molar-refractivity contribution is 4.94. The molecule has 3 heterocycles. The maximum Gasteiger partial charge on any atom is 0.0480 e. The molecule has 0 aliphatic carbocycles. The van der Waals surface area contributed by atoms with Gasteiger partial charge in [0.2, 0.25) is 0 Å². The van der Waals surface area contributed by atoms with Gasteiger partial charge in [0, 0.05) is 38.4 Å². The summed E-state index contributed by atoms with van der Waals surface area (Å²) < 4.78 is 5.44. The van der Waals surface area contributed by atoms with Crippen LogP contribution in [-0.2, 0) is 4.74 Å². The van der Waals surface area contributed by atoms with E-state index in [-0.39, 0.29) is 0 Å². The summed E-state index contributed by atoms with van der Waals surface area (Å²) >= 11 is 0. The first kappa shape index (κ1) is 10.1. The van der Waals surface area contributed by atoms with E-state index < -0.39 is 0 Å². The van der Waals surface area contributed by atoms with Crippen molar-refractivity contribution in [2.45, 2.75) is 37.8 Å². The number of ether oxygens (including phenoxy) is 1. The number of hydrogen-bond donors (Lipinski definition) is 1. The molecule has 3 fully saturated rings. The summed E-state index contributed by atoms with van der Waals surface area (Å²) in [6, 6.07) is 1.60. The fraction of sp³-hybridized carbons (Fsp3) is 1.00. The summed E-state index contributed by atoms with van der Waals surface area (Å²) in [6.07, 6.45) is 5.32. The molecule has 3 aliphatic heterocycles. The highest BCUT2D eigenvalue weighted by Gasteiger charge is 2.37. The highest BCUT2D eigenvalue weighted by Crippen LogP contribution is 2.28. The second kappa shape index (κ2) is 4.40. The highest BCUT2D eigenvalue weighted by atomic mass is 16.5. The summed E-state index contributed by atoms with van der Waals surface area (Å²) in [5, 5.41) is 3.68. The van der Waals surface area contributed by atoms with E-state index in [0.717, 1.165) is 31.2 Å². The van der Waals surface area contributed by atoms with Crippen LogP contribution >= 0.6 is 0 Å². The standard InChI is InChI=1S/C12H22N2O/c1-2-10-8-14(9-12(10)13-5-1)11-3-6-15-7-4-11/h10-13H,1-9H2. The second-order valence-electron chi connectivity index (χ2n) is 5.26. The van der Waals surface area contributed by atoms with E-state index in [9.17, 15) is 0 Å². The average molecular weight is 210 g/mol. The predicted octanol–water partition coefficient (Wildman–Crippen LogP) is 0.849. The number of nitrogens with one attached hydrogen (secondary N) is 1. The summed E-state index contributed by atoms with van der Waals surface area (Å²) in [5.41, 5.74) is 0. The lowest BCUT2D eigenvalue weighted by Gasteiger charge is -2.31. The molecule has 0 aromatic rings. The molecule has 3 rings (SSSR count). The van der Waals surface area contributed by atoms with Crippen LogP contribution in [-0.4, -0.2) is 49.8 Å². The molecule has 0 spiro atoms. The van der Waals surface area contributed by atoms with Crippen LogP contribution in [0.25, 0.3) is 0 Å². The maximum atomic E-state index is 5.44. The average Bonchev–Trinajstić information content (AvgIpc) is 2.74. The Kier molecular flexibility index (Phi) is 2.95. The number of rotatable bonds is 1. The summed E-state index contributed by atoms with van der Waals surface area (Å²) in [4.78, 5) is 2.72. The van der Waals surface area contributed by atoms with E-state index in [1.165, 1.54) is 45.3 Å². The number of piperidine rings is 1. The van der Waals surface area contributed by atoms with Gasteiger partial charge in [-0.25, -0.2) is 0 Å². The number of likely N-dealkylation sites (tertiary alicyclic amines) is 1. The van der Waals surface area contributed by atoms with Gasteiger partial charge in [-0.15, -0.1) is 0 Å². The van der Waals surface area contributed by atoms with Crippen LogP contribution < -0.4 is 5.32 Å². The van der Waals surface area contributed by atoms with Gasteiger partial charge < -0.3 is 10.1 Å². The molecule has 15 heavy (non-hydrogen) atoms. The first-order valence-corrected chi connectivity index (χ1v) is 6.48. The lowest BCUT2D eigenvalue weighted by Crippen LogP contribution is -2.42. The number of fused-ring (bicyclic) bond motifs is 1. The van der Waals surface area contributed by atoms with Crippen molar-refractivity contribution in [1.29, 1.82) is 0 Å². The number of nitrogens with zero attached hydrogens (tertiary/aromatic N) is 1. The molecule has 3 nitrogen and oxygen atoms in total. The Balaban J connectivity index is 1.59. The molecule has 3 saturated heterocycles. The van der Waals surface area contributed by atoms with Crippen LogP contribution in [0, 0.1) is 5.92 Å². The Morgan fingerprint density at radius 3 is 2.73 bits per heavy atom. The van der Waals surface area contributed by atoms with Crippen molar-refractivity contribution in [2.24, 2.45) is 5.92 Å².